The average molecular weight is 246 g/mol. The Bertz CT molecular complexity index is 562. The molecule has 0 aliphatic carbocycles. The van der Waals surface area contributed by atoms with Gasteiger partial charge in [-0.15, -0.1) is 0 Å². The van der Waals surface area contributed by atoms with Gasteiger partial charge in [0.05, 0.1) is 0 Å². The molecule has 2 aromatic carbocycles. The zero-order chi connectivity index (χ0) is 13.4. The molecule has 0 bridgehead atoms. The maximum atomic E-state index is 9.98. The molecule has 4 heteroatoms. The van der Waals surface area contributed by atoms with Gasteiger partial charge < -0.3 is 20.4 Å². The quantitative estimate of drug-likeness (QED) is 0.583. The molecule has 2 aromatic rings. The minimum atomic E-state index is -0.0342. The molecule has 0 radical (unpaired) electrons. The summed E-state index contributed by atoms with van der Waals surface area (Å²) in [4.78, 5) is 0. The van der Waals surface area contributed by atoms with E-state index >= 15 is 0 Å². The first-order valence-corrected chi connectivity index (χ1v) is 5.45. The van der Waals surface area contributed by atoms with Crippen molar-refractivity contribution in [1.82, 2.24) is 0 Å². The van der Waals surface area contributed by atoms with Crippen molar-refractivity contribution in [2.45, 2.75) is 13.8 Å². The van der Waals surface area contributed by atoms with Gasteiger partial charge in [-0.25, -0.2) is 0 Å². The molecule has 0 heterocycles. The van der Waals surface area contributed by atoms with Gasteiger partial charge in [-0.2, -0.15) is 0 Å². The van der Waals surface area contributed by atoms with Gasteiger partial charge in [-0.05, 0) is 49.2 Å². The predicted molar refractivity (Wildman–Crippen MR) is 68.0 cm³/mol. The van der Waals surface area contributed by atoms with Crippen LogP contribution in [0, 0.1) is 13.8 Å². The highest BCUT2D eigenvalue weighted by Crippen LogP contribution is 2.42. The van der Waals surface area contributed by atoms with Crippen LogP contribution >= 0.6 is 0 Å². The maximum absolute atomic E-state index is 9.98. The smallest absolute Gasteiger partial charge is 0.126 e. The van der Waals surface area contributed by atoms with Crippen LogP contribution < -0.4 is 0 Å². The molecule has 2 rings (SSSR count). The first-order chi connectivity index (χ1) is 8.40. The van der Waals surface area contributed by atoms with Crippen LogP contribution in [0.5, 0.6) is 23.0 Å². The predicted octanol–water partition coefficient (Wildman–Crippen LogP) is 2.79. The van der Waals surface area contributed by atoms with E-state index in [1.807, 2.05) is 0 Å². The standard InChI is InChI=1S/C14H14O4/c1-7-3-9(15)5-11(13(7)17)12-6-10(16)4-8(2)14(12)18/h3-6,15-18H,1-2H3. The minimum absolute atomic E-state index is 0.0132. The molecule has 0 amide bonds. The summed E-state index contributed by atoms with van der Waals surface area (Å²) < 4.78 is 0. The summed E-state index contributed by atoms with van der Waals surface area (Å²) in [6.07, 6.45) is 0. The first-order valence-electron chi connectivity index (χ1n) is 5.45. The summed E-state index contributed by atoms with van der Waals surface area (Å²) >= 11 is 0. The van der Waals surface area contributed by atoms with Gasteiger partial charge in [0.15, 0.2) is 0 Å². The Labute approximate surface area is 104 Å². The third-order valence-electron chi connectivity index (χ3n) is 2.86. The monoisotopic (exact) mass is 246 g/mol. The van der Waals surface area contributed by atoms with E-state index in [-0.39, 0.29) is 34.1 Å². The van der Waals surface area contributed by atoms with Gasteiger partial charge in [0.1, 0.15) is 23.0 Å². The second-order valence-electron chi connectivity index (χ2n) is 4.32. The van der Waals surface area contributed by atoms with Gasteiger partial charge in [-0.3, -0.25) is 0 Å². The summed E-state index contributed by atoms with van der Waals surface area (Å²) in [6.45, 7) is 3.29. The fourth-order valence-electron chi connectivity index (χ4n) is 1.93. The molecular weight excluding hydrogens is 232 g/mol. The van der Waals surface area contributed by atoms with E-state index in [9.17, 15) is 20.4 Å². The number of rotatable bonds is 1. The molecule has 0 aliphatic heterocycles. The van der Waals surface area contributed by atoms with Crippen LogP contribution in [0.15, 0.2) is 24.3 Å². The van der Waals surface area contributed by atoms with Crippen LogP contribution in [0.1, 0.15) is 11.1 Å². The zero-order valence-electron chi connectivity index (χ0n) is 10.1. The molecule has 4 N–H and O–H groups in total. The highest BCUT2D eigenvalue weighted by atomic mass is 16.3. The van der Waals surface area contributed by atoms with Crippen LogP contribution in [0.25, 0.3) is 11.1 Å². The molecule has 0 atom stereocenters. The molecule has 0 fully saturated rings. The number of hydrogen-bond acceptors (Lipinski definition) is 4. The van der Waals surface area contributed by atoms with Crippen LogP contribution in [-0.4, -0.2) is 20.4 Å². The van der Waals surface area contributed by atoms with Crippen molar-refractivity contribution >= 4 is 0 Å². The second-order valence-corrected chi connectivity index (χ2v) is 4.32. The Hall–Kier alpha value is -2.36. The third kappa shape index (κ3) is 1.93. The van der Waals surface area contributed by atoms with Crippen LogP contribution in [-0.2, 0) is 0 Å². The Morgan fingerprint density at radius 1 is 0.611 bits per heavy atom. The lowest BCUT2D eigenvalue weighted by Crippen LogP contribution is -1.86. The lowest BCUT2D eigenvalue weighted by Gasteiger charge is -2.12. The Kier molecular flexibility index (Phi) is 2.79. The molecule has 0 aromatic heterocycles. The summed E-state index contributed by atoms with van der Waals surface area (Å²) in [5.74, 6) is -0.0948. The summed E-state index contributed by atoms with van der Waals surface area (Å²) in [5.41, 5.74) is 1.55. The van der Waals surface area contributed by atoms with Crippen molar-refractivity contribution < 1.29 is 20.4 Å². The molecular formula is C14H14O4. The average Bonchev–Trinajstić information content (AvgIpc) is 2.28. The molecule has 0 saturated carbocycles. The number of phenolic OH excluding ortho intramolecular Hbond substituents is 4. The SMILES string of the molecule is Cc1cc(O)cc(-c2cc(O)cc(C)c2O)c1O. The fourth-order valence-corrected chi connectivity index (χ4v) is 1.93. The van der Waals surface area contributed by atoms with E-state index in [4.69, 9.17) is 0 Å². The number of hydrogen-bond donors (Lipinski definition) is 4. The van der Waals surface area contributed by atoms with Crippen molar-refractivity contribution in [1.29, 1.82) is 0 Å². The third-order valence-corrected chi connectivity index (χ3v) is 2.86. The Morgan fingerprint density at radius 3 is 1.28 bits per heavy atom. The van der Waals surface area contributed by atoms with E-state index in [1.54, 1.807) is 13.8 Å². The highest BCUT2D eigenvalue weighted by molar-refractivity contribution is 5.79. The van der Waals surface area contributed by atoms with Gasteiger partial charge in [0.25, 0.3) is 0 Å². The molecule has 0 saturated heterocycles. The maximum Gasteiger partial charge on any atom is 0.126 e. The molecule has 0 spiro atoms. The normalized spacial score (nSPS) is 10.6. The van der Waals surface area contributed by atoms with Crippen LogP contribution in [0.4, 0.5) is 0 Å². The molecule has 18 heavy (non-hydrogen) atoms. The summed E-state index contributed by atoms with van der Waals surface area (Å²) in [7, 11) is 0. The number of aryl methyl sites for hydroxylation is 2. The van der Waals surface area contributed by atoms with Gasteiger partial charge >= 0.3 is 0 Å². The second kappa shape index (κ2) is 4.14. The molecule has 94 valence electrons. The molecule has 0 unspecified atom stereocenters. The van der Waals surface area contributed by atoms with Crippen molar-refractivity contribution in [2.24, 2.45) is 0 Å². The topological polar surface area (TPSA) is 80.9 Å². The molecule has 4 nitrogen and oxygen atoms in total. The number of phenols is 4. The van der Waals surface area contributed by atoms with Crippen molar-refractivity contribution in [3.8, 4) is 34.1 Å². The minimum Gasteiger partial charge on any atom is -0.508 e. The van der Waals surface area contributed by atoms with Gasteiger partial charge in [0, 0.05) is 11.1 Å². The Balaban J connectivity index is 2.77. The summed E-state index contributed by atoms with van der Waals surface area (Å²) in [6, 6.07) is 5.53. The number of benzene rings is 2. The van der Waals surface area contributed by atoms with E-state index < -0.39 is 0 Å². The zero-order valence-corrected chi connectivity index (χ0v) is 10.1. The van der Waals surface area contributed by atoms with E-state index in [0.29, 0.717) is 11.1 Å². The molecule has 0 aliphatic rings. The summed E-state index contributed by atoms with van der Waals surface area (Å²) in [5, 5.41) is 39.1. The number of aromatic hydroxyl groups is 4. The lowest BCUT2D eigenvalue weighted by molar-refractivity contribution is 0.451. The van der Waals surface area contributed by atoms with Crippen LogP contribution in [0.2, 0.25) is 0 Å². The first kappa shape index (κ1) is 12.1. The van der Waals surface area contributed by atoms with Crippen molar-refractivity contribution in [3.05, 3.63) is 35.4 Å². The fraction of sp³-hybridized carbons (Fsp3) is 0.143. The van der Waals surface area contributed by atoms with Crippen LogP contribution in [0.3, 0.4) is 0 Å². The van der Waals surface area contributed by atoms with E-state index in [0.717, 1.165) is 0 Å². The van der Waals surface area contributed by atoms with E-state index in [1.165, 1.54) is 24.3 Å². The van der Waals surface area contributed by atoms with Crippen molar-refractivity contribution in [2.75, 3.05) is 0 Å². The van der Waals surface area contributed by atoms with Gasteiger partial charge in [-0.1, -0.05) is 0 Å². The Morgan fingerprint density at radius 2 is 0.944 bits per heavy atom. The largest absolute Gasteiger partial charge is 0.508 e. The van der Waals surface area contributed by atoms with E-state index in [2.05, 4.69) is 0 Å². The van der Waals surface area contributed by atoms with Crippen molar-refractivity contribution in [3.63, 3.8) is 0 Å². The highest BCUT2D eigenvalue weighted by Gasteiger charge is 2.15. The van der Waals surface area contributed by atoms with Gasteiger partial charge in [0.2, 0.25) is 0 Å². The lowest BCUT2D eigenvalue weighted by atomic mass is 9.98.